The van der Waals surface area contributed by atoms with Gasteiger partial charge in [0.25, 0.3) is 0 Å². The third kappa shape index (κ3) is 3.86. The second-order valence-corrected chi connectivity index (χ2v) is 6.58. The van der Waals surface area contributed by atoms with Crippen LogP contribution in [0.15, 0.2) is 23.7 Å². The second kappa shape index (κ2) is 7.06. The lowest BCUT2D eigenvalue weighted by Gasteiger charge is -2.21. The van der Waals surface area contributed by atoms with Gasteiger partial charge in [-0.25, -0.2) is 9.97 Å². The number of rotatable bonds is 5. The summed E-state index contributed by atoms with van der Waals surface area (Å²) in [6, 6.07) is 4.19. The first kappa shape index (κ1) is 15.9. The normalized spacial score (nSPS) is 18.1. The van der Waals surface area contributed by atoms with Crippen molar-refractivity contribution < 1.29 is 4.79 Å². The van der Waals surface area contributed by atoms with Gasteiger partial charge in [0.1, 0.15) is 5.82 Å². The molecule has 1 atom stereocenters. The summed E-state index contributed by atoms with van der Waals surface area (Å²) in [7, 11) is 1.67. The van der Waals surface area contributed by atoms with Crippen molar-refractivity contribution in [1.82, 2.24) is 20.2 Å². The van der Waals surface area contributed by atoms with Crippen LogP contribution in [0.4, 0.5) is 10.9 Å². The summed E-state index contributed by atoms with van der Waals surface area (Å²) in [5.74, 6) is 0.847. The van der Waals surface area contributed by atoms with E-state index in [-0.39, 0.29) is 11.9 Å². The number of carbonyl (C=O) groups excluding carboxylic acids is 1. The average molecular weight is 331 g/mol. The van der Waals surface area contributed by atoms with Crippen molar-refractivity contribution in [2.24, 2.45) is 0 Å². The molecule has 0 radical (unpaired) electrons. The van der Waals surface area contributed by atoms with E-state index >= 15 is 0 Å². The topological polar surface area (TPSA) is 70.2 Å². The Morgan fingerprint density at radius 1 is 1.48 bits per heavy atom. The van der Waals surface area contributed by atoms with Crippen LogP contribution in [-0.4, -0.2) is 40.9 Å². The minimum atomic E-state index is 0.0503. The zero-order chi connectivity index (χ0) is 16.2. The maximum Gasteiger partial charge on any atom is 0.233 e. The number of likely N-dealkylation sites (tertiary alicyclic amines) is 1. The Hall–Kier alpha value is -1.99. The summed E-state index contributed by atoms with van der Waals surface area (Å²) >= 11 is 1.57. The number of nitrogens with one attached hydrogen (secondary N) is 2. The number of amides is 1. The monoisotopic (exact) mass is 331 g/mol. The number of aryl methyl sites for hydroxylation is 1. The summed E-state index contributed by atoms with van der Waals surface area (Å²) in [6.07, 6.45) is 3.98. The molecule has 2 aromatic rings. The van der Waals surface area contributed by atoms with E-state index in [0.717, 1.165) is 41.6 Å². The Morgan fingerprint density at radius 2 is 2.35 bits per heavy atom. The zero-order valence-electron chi connectivity index (χ0n) is 13.4. The van der Waals surface area contributed by atoms with Gasteiger partial charge < -0.3 is 10.6 Å². The van der Waals surface area contributed by atoms with Crippen molar-refractivity contribution in [2.75, 3.05) is 25.5 Å². The number of hydrogen-bond acceptors (Lipinski definition) is 6. The molecule has 6 nitrogen and oxygen atoms in total. The Bertz CT molecular complexity index is 669. The summed E-state index contributed by atoms with van der Waals surface area (Å²) in [6.45, 7) is 3.39. The Labute approximate surface area is 140 Å². The lowest BCUT2D eigenvalue weighted by Crippen LogP contribution is -2.35. The zero-order valence-corrected chi connectivity index (χ0v) is 14.2. The van der Waals surface area contributed by atoms with Crippen molar-refractivity contribution in [3.8, 4) is 0 Å². The van der Waals surface area contributed by atoms with Gasteiger partial charge in [-0.1, -0.05) is 6.07 Å². The van der Waals surface area contributed by atoms with E-state index in [1.54, 1.807) is 18.4 Å². The predicted molar refractivity (Wildman–Crippen MR) is 92.0 cm³/mol. The highest BCUT2D eigenvalue weighted by atomic mass is 32.1. The highest BCUT2D eigenvalue weighted by Gasteiger charge is 2.29. The molecule has 23 heavy (non-hydrogen) atoms. The first-order chi connectivity index (χ1) is 11.2. The molecule has 122 valence electrons. The van der Waals surface area contributed by atoms with Gasteiger partial charge in [0.15, 0.2) is 5.13 Å². The van der Waals surface area contributed by atoms with Crippen molar-refractivity contribution in [3.63, 3.8) is 0 Å². The third-order valence-corrected chi connectivity index (χ3v) is 4.77. The fourth-order valence-electron chi connectivity index (χ4n) is 2.76. The van der Waals surface area contributed by atoms with Crippen LogP contribution in [-0.2, 0) is 4.79 Å². The van der Waals surface area contributed by atoms with Crippen molar-refractivity contribution >= 4 is 28.2 Å². The van der Waals surface area contributed by atoms with Crippen molar-refractivity contribution in [1.29, 1.82) is 0 Å². The number of aromatic nitrogens is 2. The van der Waals surface area contributed by atoms with E-state index in [1.165, 1.54) is 0 Å². The van der Waals surface area contributed by atoms with E-state index < -0.39 is 0 Å². The van der Waals surface area contributed by atoms with Crippen LogP contribution in [0.2, 0.25) is 0 Å². The highest BCUT2D eigenvalue weighted by Crippen LogP contribution is 2.33. The molecule has 3 rings (SSSR count). The molecule has 2 aromatic heterocycles. The number of carbonyl (C=O) groups is 1. The average Bonchev–Trinajstić information content (AvgIpc) is 3.18. The molecule has 3 heterocycles. The minimum Gasteiger partial charge on any atom is -0.358 e. The van der Waals surface area contributed by atoms with Gasteiger partial charge in [0.05, 0.1) is 18.3 Å². The van der Waals surface area contributed by atoms with E-state index in [2.05, 4.69) is 30.9 Å². The SMILES string of the molecule is CNC(=O)CN1CCCC1c1csc(Nc2ccc(C)cn2)n1. The van der Waals surface area contributed by atoms with Gasteiger partial charge in [-0.2, -0.15) is 0 Å². The summed E-state index contributed by atoms with van der Waals surface area (Å²) < 4.78 is 0. The molecule has 1 amide bonds. The highest BCUT2D eigenvalue weighted by molar-refractivity contribution is 7.13. The predicted octanol–water partition coefficient (Wildman–Crippen LogP) is 2.47. The third-order valence-electron chi connectivity index (χ3n) is 4.00. The number of thiazole rings is 1. The Kier molecular flexibility index (Phi) is 4.88. The molecule has 0 bridgehead atoms. The first-order valence-electron chi connectivity index (χ1n) is 7.75. The van der Waals surface area contributed by atoms with Gasteiger partial charge in [-0.05, 0) is 37.9 Å². The van der Waals surface area contributed by atoms with Gasteiger partial charge >= 0.3 is 0 Å². The van der Waals surface area contributed by atoms with Gasteiger partial charge in [0, 0.05) is 18.6 Å². The molecule has 1 aliphatic heterocycles. The Balaban J connectivity index is 1.68. The van der Waals surface area contributed by atoms with Crippen LogP contribution in [0.5, 0.6) is 0 Å². The molecule has 0 aliphatic carbocycles. The van der Waals surface area contributed by atoms with Crippen LogP contribution in [0.1, 0.15) is 30.1 Å². The summed E-state index contributed by atoms with van der Waals surface area (Å²) in [4.78, 5) is 22.8. The van der Waals surface area contributed by atoms with E-state index in [1.807, 2.05) is 25.3 Å². The van der Waals surface area contributed by atoms with Crippen LogP contribution in [0.25, 0.3) is 0 Å². The van der Waals surface area contributed by atoms with Crippen LogP contribution in [0.3, 0.4) is 0 Å². The fourth-order valence-corrected chi connectivity index (χ4v) is 3.53. The van der Waals surface area contributed by atoms with E-state index in [0.29, 0.717) is 6.54 Å². The van der Waals surface area contributed by atoms with Crippen LogP contribution in [0, 0.1) is 6.92 Å². The van der Waals surface area contributed by atoms with Crippen molar-refractivity contribution in [3.05, 3.63) is 35.0 Å². The molecule has 0 spiro atoms. The molecule has 1 saturated heterocycles. The van der Waals surface area contributed by atoms with Gasteiger partial charge in [-0.15, -0.1) is 11.3 Å². The number of likely N-dealkylation sites (N-methyl/N-ethyl adjacent to an activating group) is 1. The summed E-state index contributed by atoms with van der Waals surface area (Å²) in [5.41, 5.74) is 2.16. The molecule has 1 aliphatic rings. The van der Waals surface area contributed by atoms with Crippen molar-refractivity contribution in [2.45, 2.75) is 25.8 Å². The van der Waals surface area contributed by atoms with E-state index in [9.17, 15) is 4.79 Å². The van der Waals surface area contributed by atoms with Crippen LogP contribution >= 0.6 is 11.3 Å². The molecular formula is C16H21N5OS. The standard InChI is InChI=1S/C16H21N5OS/c1-11-5-6-14(18-8-11)20-16-19-12(10-23-16)13-4-3-7-21(13)9-15(22)17-2/h5-6,8,10,13H,3-4,7,9H2,1-2H3,(H,17,22)(H,18,19,20). The summed E-state index contributed by atoms with van der Waals surface area (Å²) in [5, 5.41) is 8.84. The smallest absolute Gasteiger partial charge is 0.233 e. The quantitative estimate of drug-likeness (QED) is 0.881. The first-order valence-corrected chi connectivity index (χ1v) is 8.63. The van der Waals surface area contributed by atoms with Gasteiger partial charge in [-0.3, -0.25) is 9.69 Å². The maximum absolute atomic E-state index is 11.6. The molecule has 1 unspecified atom stereocenters. The fraction of sp³-hybridized carbons (Fsp3) is 0.438. The maximum atomic E-state index is 11.6. The Morgan fingerprint density at radius 3 is 3.09 bits per heavy atom. The molecule has 7 heteroatoms. The molecule has 2 N–H and O–H groups in total. The number of nitrogens with zero attached hydrogens (tertiary/aromatic N) is 3. The van der Waals surface area contributed by atoms with Gasteiger partial charge in [0.2, 0.25) is 5.91 Å². The molecule has 1 fully saturated rings. The molecule has 0 saturated carbocycles. The number of hydrogen-bond donors (Lipinski definition) is 2. The molecular weight excluding hydrogens is 310 g/mol. The number of pyridine rings is 1. The largest absolute Gasteiger partial charge is 0.358 e. The lowest BCUT2D eigenvalue weighted by molar-refractivity contribution is -0.122. The second-order valence-electron chi connectivity index (χ2n) is 5.72. The van der Waals surface area contributed by atoms with E-state index in [4.69, 9.17) is 0 Å². The minimum absolute atomic E-state index is 0.0503. The van der Waals surface area contributed by atoms with Crippen LogP contribution < -0.4 is 10.6 Å². The lowest BCUT2D eigenvalue weighted by atomic mass is 10.2. The molecule has 0 aromatic carbocycles. The number of anilines is 2.